The lowest BCUT2D eigenvalue weighted by Crippen LogP contribution is -2.49. The van der Waals surface area contributed by atoms with Gasteiger partial charge < -0.3 is 10.6 Å². The maximum Gasteiger partial charge on any atom is 0.336 e. The SMILES string of the molecule is Cc1nc(C#N)cnc1[C@H](C)NC(=O)CN1C(=O)Nc2ccnc(C)c2S1(=O)=O. The number of carbonyl (C=O) groups excluding carboxylic acids is 2. The summed E-state index contributed by atoms with van der Waals surface area (Å²) in [4.78, 5) is 36.7. The van der Waals surface area contributed by atoms with Crippen LogP contribution in [0.3, 0.4) is 0 Å². The van der Waals surface area contributed by atoms with Crippen molar-refractivity contribution < 1.29 is 18.0 Å². The molecule has 0 aliphatic carbocycles. The van der Waals surface area contributed by atoms with E-state index in [4.69, 9.17) is 5.26 Å². The minimum Gasteiger partial charge on any atom is -0.346 e. The third-order valence-electron chi connectivity index (χ3n) is 4.27. The van der Waals surface area contributed by atoms with Gasteiger partial charge in [-0.3, -0.25) is 14.8 Å². The van der Waals surface area contributed by atoms with Crippen LogP contribution < -0.4 is 10.6 Å². The molecular formula is C17H17N7O4S. The minimum absolute atomic E-state index is 0.121. The van der Waals surface area contributed by atoms with E-state index in [9.17, 15) is 18.0 Å². The largest absolute Gasteiger partial charge is 0.346 e. The van der Waals surface area contributed by atoms with Crippen molar-refractivity contribution in [3.05, 3.63) is 41.2 Å². The number of aryl methyl sites for hydroxylation is 2. The Bertz CT molecular complexity index is 1160. The lowest BCUT2D eigenvalue weighted by atomic mass is 10.2. The van der Waals surface area contributed by atoms with Gasteiger partial charge in [0.1, 0.15) is 17.5 Å². The van der Waals surface area contributed by atoms with Crippen LogP contribution >= 0.6 is 0 Å². The zero-order valence-electron chi connectivity index (χ0n) is 15.8. The second-order valence-electron chi connectivity index (χ2n) is 6.34. The number of anilines is 1. The highest BCUT2D eigenvalue weighted by Gasteiger charge is 2.39. The Morgan fingerprint density at radius 1 is 1.34 bits per heavy atom. The van der Waals surface area contributed by atoms with Gasteiger partial charge in [0.25, 0.3) is 10.0 Å². The van der Waals surface area contributed by atoms with E-state index in [-0.39, 0.29) is 22.0 Å². The maximum absolute atomic E-state index is 12.8. The van der Waals surface area contributed by atoms with Crippen molar-refractivity contribution in [1.29, 1.82) is 5.26 Å². The molecule has 29 heavy (non-hydrogen) atoms. The Kier molecular flexibility index (Phi) is 5.17. The van der Waals surface area contributed by atoms with Gasteiger partial charge >= 0.3 is 6.03 Å². The second kappa shape index (κ2) is 7.44. The van der Waals surface area contributed by atoms with E-state index < -0.39 is 34.5 Å². The van der Waals surface area contributed by atoms with Crippen LogP contribution in [0.5, 0.6) is 0 Å². The minimum atomic E-state index is -4.24. The number of amides is 3. The molecular weight excluding hydrogens is 398 g/mol. The average Bonchev–Trinajstić information content (AvgIpc) is 2.64. The van der Waals surface area contributed by atoms with Crippen LogP contribution in [0.1, 0.15) is 35.7 Å². The van der Waals surface area contributed by atoms with Crippen molar-refractivity contribution in [1.82, 2.24) is 24.6 Å². The van der Waals surface area contributed by atoms with Crippen molar-refractivity contribution >= 4 is 27.6 Å². The summed E-state index contributed by atoms with van der Waals surface area (Å²) in [5.41, 5.74) is 1.36. The average molecular weight is 415 g/mol. The first-order valence-corrected chi connectivity index (χ1v) is 9.91. The molecule has 2 aromatic heterocycles. The number of rotatable bonds is 4. The molecule has 3 heterocycles. The highest BCUT2D eigenvalue weighted by atomic mass is 32.2. The maximum atomic E-state index is 12.8. The third-order valence-corrected chi connectivity index (χ3v) is 6.18. The van der Waals surface area contributed by atoms with E-state index in [1.54, 1.807) is 13.8 Å². The third kappa shape index (κ3) is 3.72. The highest BCUT2D eigenvalue weighted by Crippen LogP contribution is 2.31. The van der Waals surface area contributed by atoms with Crippen LogP contribution in [0.4, 0.5) is 10.5 Å². The van der Waals surface area contributed by atoms with Gasteiger partial charge in [0.2, 0.25) is 5.91 Å². The van der Waals surface area contributed by atoms with Crippen LogP contribution in [-0.2, 0) is 14.8 Å². The summed E-state index contributed by atoms with van der Waals surface area (Å²) in [6.07, 6.45) is 2.66. The van der Waals surface area contributed by atoms with Crippen LogP contribution in [0.2, 0.25) is 0 Å². The number of nitrogens with zero attached hydrogens (tertiary/aromatic N) is 5. The fourth-order valence-electron chi connectivity index (χ4n) is 2.99. The van der Waals surface area contributed by atoms with E-state index in [0.29, 0.717) is 15.7 Å². The lowest BCUT2D eigenvalue weighted by molar-refractivity contribution is -0.121. The Labute approximate surface area is 166 Å². The fourth-order valence-corrected chi connectivity index (χ4v) is 4.58. The Balaban J connectivity index is 1.79. The van der Waals surface area contributed by atoms with Crippen molar-refractivity contribution in [2.45, 2.75) is 31.7 Å². The van der Waals surface area contributed by atoms with E-state index in [0.717, 1.165) is 0 Å². The zero-order valence-corrected chi connectivity index (χ0v) is 16.6. The van der Waals surface area contributed by atoms with Gasteiger partial charge in [-0.05, 0) is 26.8 Å². The molecule has 2 aromatic rings. The molecule has 0 fully saturated rings. The highest BCUT2D eigenvalue weighted by molar-refractivity contribution is 7.90. The van der Waals surface area contributed by atoms with Gasteiger partial charge in [0.05, 0.1) is 35.0 Å². The molecule has 0 bridgehead atoms. The van der Waals surface area contributed by atoms with Crippen molar-refractivity contribution in [3.8, 4) is 6.07 Å². The molecule has 0 spiro atoms. The Morgan fingerprint density at radius 2 is 2.07 bits per heavy atom. The van der Waals surface area contributed by atoms with Crippen LogP contribution in [0.25, 0.3) is 0 Å². The molecule has 3 rings (SSSR count). The molecule has 0 aromatic carbocycles. The van der Waals surface area contributed by atoms with E-state index in [1.807, 2.05) is 6.07 Å². The summed E-state index contributed by atoms with van der Waals surface area (Å²) in [5, 5.41) is 13.9. The van der Waals surface area contributed by atoms with Crippen LogP contribution in [0, 0.1) is 25.2 Å². The number of carbonyl (C=O) groups is 2. The molecule has 1 aliphatic heterocycles. The summed E-state index contributed by atoms with van der Waals surface area (Å²) in [6, 6.07) is 1.70. The molecule has 11 nitrogen and oxygen atoms in total. The van der Waals surface area contributed by atoms with Gasteiger partial charge in [0.15, 0.2) is 5.69 Å². The smallest absolute Gasteiger partial charge is 0.336 e. The quantitative estimate of drug-likeness (QED) is 0.741. The van der Waals surface area contributed by atoms with Crippen molar-refractivity contribution in [2.24, 2.45) is 0 Å². The van der Waals surface area contributed by atoms with E-state index in [2.05, 4.69) is 25.6 Å². The predicted octanol–water partition coefficient (Wildman–Crippen LogP) is 0.774. The summed E-state index contributed by atoms with van der Waals surface area (Å²) < 4.78 is 26.1. The molecule has 2 N–H and O–H groups in total. The standard InChI is InChI=1S/C17H17N7O4S/c1-9-15(20-7-12(6-18)21-9)10(2)22-14(25)8-24-17(26)23-13-4-5-19-11(3)16(13)29(24,27)28/h4-5,7,10H,8H2,1-3H3,(H,22,25)(H,23,26)/t10-/m0/s1. The van der Waals surface area contributed by atoms with Gasteiger partial charge in [-0.2, -0.15) is 5.26 Å². The molecule has 12 heteroatoms. The first-order valence-electron chi connectivity index (χ1n) is 8.47. The first kappa shape index (κ1) is 20.2. The van der Waals surface area contributed by atoms with Gasteiger partial charge in [-0.1, -0.05) is 0 Å². The van der Waals surface area contributed by atoms with Crippen molar-refractivity contribution in [3.63, 3.8) is 0 Å². The fraction of sp³-hybridized carbons (Fsp3) is 0.294. The number of sulfonamides is 1. The molecule has 1 aliphatic rings. The zero-order chi connectivity index (χ0) is 21.3. The number of pyridine rings is 1. The summed E-state index contributed by atoms with van der Waals surface area (Å²) in [7, 11) is -4.24. The van der Waals surface area contributed by atoms with Crippen LogP contribution in [-0.4, -0.2) is 46.2 Å². The van der Waals surface area contributed by atoms with Crippen LogP contribution in [0.15, 0.2) is 23.4 Å². The number of urea groups is 1. The molecule has 0 saturated carbocycles. The first-order chi connectivity index (χ1) is 13.6. The number of hydrogen-bond acceptors (Lipinski definition) is 8. The Hall–Kier alpha value is -3.59. The monoisotopic (exact) mass is 415 g/mol. The molecule has 150 valence electrons. The normalized spacial score (nSPS) is 15.7. The number of hydrogen-bond donors (Lipinski definition) is 2. The summed E-state index contributed by atoms with van der Waals surface area (Å²) in [5.74, 6) is -0.702. The van der Waals surface area contributed by atoms with Crippen molar-refractivity contribution in [2.75, 3.05) is 11.9 Å². The summed E-state index contributed by atoms with van der Waals surface area (Å²) in [6.45, 7) is 4.06. The number of fused-ring (bicyclic) bond motifs is 1. The predicted molar refractivity (Wildman–Crippen MR) is 99.9 cm³/mol. The van der Waals surface area contributed by atoms with E-state index in [1.165, 1.54) is 25.4 Å². The lowest BCUT2D eigenvalue weighted by Gasteiger charge is -2.29. The second-order valence-corrected chi connectivity index (χ2v) is 8.14. The molecule has 0 radical (unpaired) electrons. The van der Waals surface area contributed by atoms with Gasteiger partial charge in [-0.15, -0.1) is 0 Å². The topological polar surface area (TPSA) is 158 Å². The summed E-state index contributed by atoms with van der Waals surface area (Å²) >= 11 is 0. The number of nitrogens with one attached hydrogen (secondary N) is 2. The molecule has 0 unspecified atom stereocenters. The molecule has 0 saturated heterocycles. The Morgan fingerprint density at radius 3 is 2.72 bits per heavy atom. The number of nitriles is 1. The van der Waals surface area contributed by atoms with E-state index >= 15 is 0 Å². The number of aromatic nitrogens is 3. The molecule has 1 atom stereocenters. The van der Waals surface area contributed by atoms with Gasteiger partial charge in [-0.25, -0.2) is 22.5 Å². The molecule has 3 amide bonds. The van der Waals surface area contributed by atoms with Gasteiger partial charge in [0, 0.05) is 6.20 Å².